The number of ether oxygens (including phenoxy) is 2. The van der Waals surface area contributed by atoms with Crippen LogP contribution in [0.2, 0.25) is 0 Å². The van der Waals surface area contributed by atoms with Crippen LogP contribution in [0.3, 0.4) is 0 Å². The molecule has 0 aliphatic heterocycles. The van der Waals surface area contributed by atoms with Crippen LogP contribution in [0.1, 0.15) is 54.2 Å². The second-order valence-electron chi connectivity index (χ2n) is 4.99. The maximum Gasteiger partial charge on any atom is 0.352 e. The lowest BCUT2D eigenvalue weighted by Crippen LogP contribution is -2.28. The number of aromatic nitrogens is 1. The van der Waals surface area contributed by atoms with Crippen molar-refractivity contribution in [2.45, 2.75) is 54.6 Å². The minimum absolute atomic E-state index is 0.248. The Morgan fingerprint density at radius 2 is 1.87 bits per heavy atom. The molecule has 1 atom stereocenters. The first-order chi connectivity index (χ1) is 14.6. The summed E-state index contributed by atoms with van der Waals surface area (Å²) in [6, 6.07) is 1.70. The van der Waals surface area contributed by atoms with Crippen molar-refractivity contribution >= 4 is 11.5 Å². The Balaban J connectivity index is 0. The number of carbonyl (C=O) groups is 1. The smallest absolute Gasteiger partial charge is 0.352 e. The third-order valence-corrected chi connectivity index (χ3v) is 3.29. The molecule has 1 unspecified atom stereocenters. The van der Waals surface area contributed by atoms with Gasteiger partial charge in [-0.2, -0.15) is 0 Å². The number of hydrogen-bond donors (Lipinski definition) is 0. The topological polar surface area (TPSA) is 61.6 Å². The summed E-state index contributed by atoms with van der Waals surface area (Å²) < 4.78 is 16.4. The van der Waals surface area contributed by atoms with E-state index in [0.29, 0.717) is 22.7 Å². The average molecular weight is 416 g/mol. The zero-order chi connectivity index (χ0) is 23.4. The van der Waals surface area contributed by atoms with Gasteiger partial charge < -0.3 is 14.0 Å². The molecule has 0 saturated heterocycles. The number of hydrogen-bond acceptors (Lipinski definition) is 5. The molecule has 0 spiro atoms. The SMILES string of the molecule is C=C/C=C\C(=C/C)C(O/C(C=C)=C(/C=C\C)c1ccno1)C(=O)OCC.CC.CC. The summed E-state index contributed by atoms with van der Waals surface area (Å²) >= 11 is 0. The summed E-state index contributed by atoms with van der Waals surface area (Å²) in [5.74, 6) is 0.389. The number of esters is 1. The molecule has 0 N–H and O–H groups in total. The molecule has 0 aliphatic carbocycles. The van der Waals surface area contributed by atoms with Gasteiger partial charge in [0.05, 0.1) is 18.4 Å². The van der Waals surface area contributed by atoms with Gasteiger partial charge in [0.1, 0.15) is 5.76 Å². The predicted octanol–water partition coefficient (Wildman–Crippen LogP) is 6.84. The third-order valence-electron chi connectivity index (χ3n) is 3.29. The monoisotopic (exact) mass is 415 g/mol. The first-order valence-electron chi connectivity index (χ1n) is 10.3. The van der Waals surface area contributed by atoms with Crippen molar-refractivity contribution in [1.82, 2.24) is 5.16 Å². The van der Waals surface area contributed by atoms with Crippen molar-refractivity contribution in [1.29, 1.82) is 0 Å². The van der Waals surface area contributed by atoms with Gasteiger partial charge in [-0.05, 0) is 32.4 Å². The van der Waals surface area contributed by atoms with E-state index in [2.05, 4.69) is 18.3 Å². The molecule has 0 bridgehead atoms. The van der Waals surface area contributed by atoms with E-state index in [1.165, 1.54) is 12.3 Å². The standard InChI is InChI=1S/C21H25NO4.2C2H6/c1-6-11-13-16(8-3)20(21(23)24-10-5)25-18(9-4)17(12-7-2)19-14-15-22-26-19;2*1-2/h6-9,11-15,20H,1,4,10H2,2-3,5H3;2*1-2H3/b12-7-,13-11-,16-8+,18-17-;;. The molecule has 0 amide bonds. The quantitative estimate of drug-likeness (QED) is 0.238. The second-order valence-corrected chi connectivity index (χ2v) is 4.99. The van der Waals surface area contributed by atoms with Crippen molar-refractivity contribution in [3.8, 4) is 0 Å². The fourth-order valence-corrected chi connectivity index (χ4v) is 2.14. The summed E-state index contributed by atoms with van der Waals surface area (Å²) in [5.41, 5.74) is 1.26. The third kappa shape index (κ3) is 9.92. The Bertz CT molecular complexity index is 722. The number of allylic oxidation sites excluding steroid dienone is 7. The van der Waals surface area contributed by atoms with Crippen LogP contribution in [0.25, 0.3) is 5.57 Å². The Labute approximate surface area is 182 Å². The molecule has 0 aliphatic rings. The van der Waals surface area contributed by atoms with Crippen LogP contribution in [-0.2, 0) is 14.3 Å². The van der Waals surface area contributed by atoms with Gasteiger partial charge in [0.15, 0.2) is 5.76 Å². The molecule has 166 valence electrons. The Hall–Kier alpha value is -3.08. The van der Waals surface area contributed by atoms with Crippen molar-refractivity contribution < 1.29 is 18.8 Å². The van der Waals surface area contributed by atoms with Gasteiger partial charge in [-0.3, -0.25) is 0 Å². The summed E-state index contributed by atoms with van der Waals surface area (Å²) in [5, 5.41) is 3.72. The average Bonchev–Trinajstić information content (AvgIpc) is 3.32. The lowest BCUT2D eigenvalue weighted by Gasteiger charge is -2.20. The summed E-state index contributed by atoms with van der Waals surface area (Å²) in [6.45, 7) is 21.1. The van der Waals surface area contributed by atoms with Gasteiger partial charge in [0.25, 0.3) is 0 Å². The summed E-state index contributed by atoms with van der Waals surface area (Å²) in [4.78, 5) is 12.5. The van der Waals surface area contributed by atoms with Crippen LogP contribution in [0.5, 0.6) is 0 Å². The highest BCUT2D eigenvalue weighted by atomic mass is 16.6. The first kappa shape index (κ1) is 29.1. The lowest BCUT2D eigenvalue weighted by molar-refractivity contribution is -0.151. The highest BCUT2D eigenvalue weighted by Crippen LogP contribution is 2.25. The van der Waals surface area contributed by atoms with E-state index < -0.39 is 12.1 Å². The fourth-order valence-electron chi connectivity index (χ4n) is 2.14. The molecule has 0 fully saturated rings. The fraction of sp³-hybridized carbons (Fsp3) is 0.360. The van der Waals surface area contributed by atoms with Crippen LogP contribution in [0.4, 0.5) is 0 Å². The lowest BCUT2D eigenvalue weighted by atomic mass is 10.1. The molecular formula is C25H37NO4. The maximum absolute atomic E-state index is 12.5. The highest BCUT2D eigenvalue weighted by Gasteiger charge is 2.26. The van der Waals surface area contributed by atoms with E-state index in [1.807, 2.05) is 47.6 Å². The first-order valence-corrected chi connectivity index (χ1v) is 10.3. The highest BCUT2D eigenvalue weighted by molar-refractivity contribution is 5.80. The number of nitrogens with zero attached hydrogens (tertiary/aromatic N) is 1. The second kappa shape index (κ2) is 19.2. The Morgan fingerprint density at radius 1 is 1.20 bits per heavy atom. The van der Waals surface area contributed by atoms with E-state index in [1.54, 1.807) is 43.4 Å². The van der Waals surface area contributed by atoms with Crippen molar-refractivity contribution in [3.63, 3.8) is 0 Å². The van der Waals surface area contributed by atoms with Crippen LogP contribution in [0, 0.1) is 0 Å². The summed E-state index contributed by atoms with van der Waals surface area (Å²) in [7, 11) is 0. The van der Waals surface area contributed by atoms with Gasteiger partial charge in [0, 0.05) is 6.07 Å². The molecule has 0 saturated carbocycles. The predicted molar refractivity (Wildman–Crippen MR) is 126 cm³/mol. The van der Waals surface area contributed by atoms with Crippen LogP contribution in [0.15, 0.2) is 83.8 Å². The molecule has 1 heterocycles. The van der Waals surface area contributed by atoms with Crippen molar-refractivity contribution in [2.24, 2.45) is 0 Å². The van der Waals surface area contributed by atoms with E-state index in [0.717, 1.165) is 0 Å². The Morgan fingerprint density at radius 3 is 2.30 bits per heavy atom. The van der Waals surface area contributed by atoms with Crippen LogP contribution in [-0.4, -0.2) is 23.8 Å². The van der Waals surface area contributed by atoms with Gasteiger partial charge in [-0.1, -0.05) is 82.5 Å². The maximum atomic E-state index is 12.5. The molecular weight excluding hydrogens is 378 g/mol. The normalized spacial score (nSPS) is 12.7. The van der Waals surface area contributed by atoms with Gasteiger partial charge in [0.2, 0.25) is 6.10 Å². The molecule has 1 rings (SSSR count). The molecule has 5 heteroatoms. The minimum Gasteiger partial charge on any atom is -0.473 e. The molecule has 0 radical (unpaired) electrons. The van der Waals surface area contributed by atoms with E-state index in [4.69, 9.17) is 14.0 Å². The molecule has 1 aromatic rings. The summed E-state index contributed by atoms with van der Waals surface area (Å²) in [6.07, 6.45) is 12.6. The zero-order valence-corrected chi connectivity index (χ0v) is 19.5. The number of carbonyl (C=O) groups excluding carboxylic acids is 1. The molecule has 5 nitrogen and oxygen atoms in total. The van der Waals surface area contributed by atoms with E-state index in [9.17, 15) is 4.79 Å². The van der Waals surface area contributed by atoms with Gasteiger partial charge >= 0.3 is 5.97 Å². The Kier molecular flexibility index (Phi) is 18.7. The minimum atomic E-state index is -0.952. The molecule has 1 aromatic heterocycles. The van der Waals surface area contributed by atoms with Crippen molar-refractivity contribution in [3.05, 3.63) is 85.0 Å². The molecule has 0 aromatic carbocycles. The van der Waals surface area contributed by atoms with E-state index >= 15 is 0 Å². The van der Waals surface area contributed by atoms with E-state index in [-0.39, 0.29) is 6.61 Å². The van der Waals surface area contributed by atoms with Crippen LogP contribution >= 0.6 is 0 Å². The molecule has 30 heavy (non-hydrogen) atoms. The van der Waals surface area contributed by atoms with Gasteiger partial charge in [-0.25, -0.2) is 4.79 Å². The van der Waals surface area contributed by atoms with Crippen molar-refractivity contribution in [2.75, 3.05) is 6.61 Å². The largest absolute Gasteiger partial charge is 0.473 e. The number of rotatable bonds is 10. The van der Waals surface area contributed by atoms with Gasteiger partial charge in [-0.15, -0.1) is 0 Å². The zero-order valence-electron chi connectivity index (χ0n) is 19.5. The van der Waals surface area contributed by atoms with Crippen LogP contribution < -0.4 is 0 Å².